The summed E-state index contributed by atoms with van der Waals surface area (Å²) in [6.07, 6.45) is 0. The SMILES string of the molecule is CN(C)C(=NP(C)N=C(N(C)C)N(C)C)N(C)C. The molecule has 0 amide bonds. The first-order valence-corrected chi connectivity index (χ1v) is 7.46. The zero-order chi connectivity index (χ0) is 14.5. The highest BCUT2D eigenvalue weighted by Gasteiger charge is 2.10. The molecule has 0 bridgehead atoms. The molecule has 0 aliphatic heterocycles. The van der Waals surface area contributed by atoms with E-state index in [1.165, 1.54) is 0 Å². The molecule has 18 heavy (non-hydrogen) atoms. The van der Waals surface area contributed by atoms with Crippen LogP contribution in [0.3, 0.4) is 0 Å². The van der Waals surface area contributed by atoms with Crippen LogP contribution in [-0.2, 0) is 0 Å². The summed E-state index contributed by atoms with van der Waals surface area (Å²) in [5.74, 6) is 1.87. The second-order valence-electron chi connectivity index (χ2n) is 4.87. The Morgan fingerprint density at radius 3 is 1.00 bits per heavy atom. The van der Waals surface area contributed by atoms with E-state index in [1.807, 2.05) is 76.0 Å². The largest absolute Gasteiger partial charge is 0.349 e. The second-order valence-corrected chi connectivity index (χ2v) is 6.25. The van der Waals surface area contributed by atoms with E-state index in [0.717, 1.165) is 11.9 Å². The maximum absolute atomic E-state index is 4.67. The van der Waals surface area contributed by atoms with E-state index in [1.54, 1.807) is 0 Å². The molecule has 6 nitrogen and oxygen atoms in total. The van der Waals surface area contributed by atoms with Crippen LogP contribution in [0.25, 0.3) is 0 Å². The minimum absolute atomic E-state index is 0.780. The van der Waals surface area contributed by atoms with Crippen LogP contribution in [0.5, 0.6) is 0 Å². The van der Waals surface area contributed by atoms with Gasteiger partial charge >= 0.3 is 0 Å². The molecule has 0 N–H and O–H groups in total. The Labute approximate surface area is 113 Å². The van der Waals surface area contributed by atoms with E-state index < -0.39 is 8.22 Å². The highest BCUT2D eigenvalue weighted by molar-refractivity contribution is 7.54. The number of rotatable bonds is 2. The van der Waals surface area contributed by atoms with E-state index in [2.05, 4.69) is 16.2 Å². The summed E-state index contributed by atoms with van der Waals surface area (Å²) >= 11 is 0. The van der Waals surface area contributed by atoms with Crippen molar-refractivity contribution in [1.82, 2.24) is 19.6 Å². The van der Waals surface area contributed by atoms with Crippen LogP contribution in [0.1, 0.15) is 0 Å². The van der Waals surface area contributed by atoms with Gasteiger partial charge in [0.2, 0.25) is 11.9 Å². The number of hydrogen-bond donors (Lipinski definition) is 0. The van der Waals surface area contributed by atoms with Crippen LogP contribution in [0.2, 0.25) is 0 Å². The van der Waals surface area contributed by atoms with Gasteiger partial charge in [0.05, 0.1) is 0 Å². The first kappa shape index (κ1) is 17.0. The second kappa shape index (κ2) is 7.41. The van der Waals surface area contributed by atoms with Gasteiger partial charge in [-0.2, -0.15) is 0 Å². The lowest BCUT2D eigenvalue weighted by Crippen LogP contribution is -2.36. The fraction of sp³-hybridized carbons (Fsp3) is 0.818. The molecule has 0 saturated carbocycles. The van der Waals surface area contributed by atoms with Gasteiger partial charge in [0.1, 0.15) is 8.22 Å². The summed E-state index contributed by atoms with van der Waals surface area (Å²) in [5.41, 5.74) is 0. The summed E-state index contributed by atoms with van der Waals surface area (Å²) < 4.78 is 9.35. The Balaban J connectivity index is 5.09. The van der Waals surface area contributed by atoms with Crippen LogP contribution < -0.4 is 0 Å². The van der Waals surface area contributed by atoms with Crippen molar-refractivity contribution < 1.29 is 0 Å². The van der Waals surface area contributed by atoms with Crippen LogP contribution in [0.4, 0.5) is 0 Å². The van der Waals surface area contributed by atoms with Crippen molar-refractivity contribution in [2.24, 2.45) is 9.53 Å². The van der Waals surface area contributed by atoms with E-state index in [4.69, 9.17) is 0 Å². The molecule has 0 fully saturated rings. The smallest absolute Gasteiger partial charge is 0.201 e. The Kier molecular flexibility index (Phi) is 6.99. The molecule has 0 atom stereocenters. The van der Waals surface area contributed by atoms with Gasteiger partial charge in [-0.15, -0.1) is 0 Å². The first-order chi connectivity index (χ1) is 8.16. The van der Waals surface area contributed by atoms with Gasteiger partial charge in [0.25, 0.3) is 0 Å². The molecule has 0 aromatic rings. The molecule has 0 saturated heterocycles. The molecule has 0 rings (SSSR count). The predicted octanol–water partition coefficient (Wildman–Crippen LogP) is 0.887. The molecule has 0 aromatic carbocycles. The monoisotopic (exact) mass is 274 g/mol. The third-order valence-corrected chi connectivity index (χ3v) is 3.00. The van der Waals surface area contributed by atoms with Gasteiger partial charge in [0.15, 0.2) is 0 Å². The zero-order valence-electron chi connectivity index (χ0n) is 13.1. The molecular weight excluding hydrogens is 247 g/mol. The molecule has 0 spiro atoms. The van der Waals surface area contributed by atoms with Gasteiger partial charge in [0, 0.05) is 56.4 Å². The first-order valence-electron chi connectivity index (χ1n) is 5.77. The van der Waals surface area contributed by atoms with Crippen LogP contribution in [0.15, 0.2) is 9.53 Å². The van der Waals surface area contributed by atoms with Crippen molar-refractivity contribution in [3.63, 3.8) is 0 Å². The molecule has 0 heterocycles. The lowest BCUT2D eigenvalue weighted by atomic mass is 10.7. The highest BCUT2D eigenvalue weighted by Crippen LogP contribution is 2.35. The predicted molar refractivity (Wildman–Crippen MR) is 82.5 cm³/mol. The number of guanidine groups is 2. The maximum atomic E-state index is 4.67. The lowest BCUT2D eigenvalue weighted by Gasteiger charge is -2.25. The summed E-state index contributed by atoms with van der Waals surface area (Å²) in [5, 5.41) is 0. The maximum Gasteiger partial charge on any atom is 0.201 e. The number of nitrogens with zero attached hydrogens (tertiary/aromatic N) is 6. The normalized spacial score (nSPS) is 9.89. The lowest BCUT2D eigenvalue weighted by molar-refractivity contribution is 0.484. The Hall–Kier alpha value is -1.03. The van der Waals surface area contributed by atoms with E-state index >= 15 is 0 Å². The van der Waals surface area contributed by atoms with E-state index in [9.17, 15) is 0 Å². The minimum atomic E-state index is -0.780. The van der Waals surface area contributed by atoms with Crippen LogP contribution >= 0.6 is 8.22 Å². The van der Waals surface area contributed by atoms with Gasteiger partial charge in [-0.3, -0.25) is 0 Å². The van der Waals surface area contributed by atoms with Crippen molar-refractivity contribution in [3.8, 4) is 0 Å². The molecule has 0 radical (unpaired) electrons. The van der Waals surface area contributed by atoms with Gasteiger partial charge in [-0.25, -0.2) is 9.53 Å². The summed E-state index contributed by atoms with van der Waals surface area (Å²) in [7, 11) is 15.1. The standard InChI is InChI=1S/C11H27N6P/c1-14(2)10(15(3)4)12-18(9)13-11(16(5)6)17(7)8/h1-9H3. The van der Waals surface area contributed by atoms with Crippen LogP contribution in [-0.4, -0.2) is 94.6 Å². The zero-order valence-corrected chi connectivity index (χ0v) is 14.0. The number of hydrogen-bond acceptors (Lipinski definition) is 2. The average molecular weight is 274 g/mol. The molecule has 0 aromatic heterocycles. The summed E-state index contributed by atoms with van der Waals surface area (Å²) in [6, 6.07) is 0. The van der Waals surface area contributed by atoms with Gasteiger partial charge in [-0.1, -0.05) is 0 Å². The highest BCUT2D eigenvalue weighted by atomic mass is 31.1. The fourth-order valence-corrected chi connectivity index (χ4v) is 2.72. The molecule has 0 aliphatic carbocycles. The Morgan fingerprint density at radius 2 is 0.833 bits per heavy atom. The third kappa shape index (κ3) is 5.54. The average Bonchev–Trinajstić information content (AvgIpc) is 2.20. The molecule has 106 valence electrons. The molecule has 0 unspecified atom stereocenters. The van der Waals surface area contributed by atoms with Crippen LogP contribution in [0, 0.1) is 0 Å². The molecule has 0 aliphatic rings. The third-order valence-electron chi connectivity index (χ3n) is 2.07. The van der Waals surface area contributed by atoms with E-state index in [0.29, 0.717) is 0 Å². The summed E-state index contributed by atoms with van der Waals surface area (Å²) in [6.45, 7) is 2.05. The Bertz CT molecular complexity index is 259. The molecular formula is C11H27N6P. The van der Waals surface area contributed by atoms with Gasteiger partial charge < -0.3 is 19.6 Å². The fourth-order valence-electron chi connectivity index (χ4n) is 1.44. The van der Waals surface area contributed by atoms with E-state index in [-0.39, 0.29) is 0 Å². The minimum Gasteiger partial charge on any atom is -0.349 e. The topological polar surface area (TPSA) is 37.7 Å². The van der Waals surface area contributed by atoms with Crippen molar-refractivity contribution in [3.05, 3.63) is 0 Å². The van der Waals surface area contributed by atoms with Crippen molar-refractivity contribution in [2.75, 3.05) is 63.0 Å². The van der Waals surface area contributed by atoms with Crippen molar-refractivity contribution >= 4 is 20.1 Å². The Morgan fingerprint density at radius 1 is 0.611 bits per heavy atom. The quantitative estimate of drug-likeness (QED) is 0.426. The van der Waals surface area contributed by atoms with Crippen molar-refractivity contribution in [1.29, 1.82) is 0 Å². The van der Waals surface area contributed by atoms with Gasteiger partial charge in [-0.05, 0) is 6.66 Å². The van der Waals surface area contributed by atoms with Crippen molar-refractivity contribution in [2.45, 2.75) is 0 Å². The summed E-state index contributed by atoms with van der Waals surface area (Å²) in [4.78, 5) is 8.00. The molecule has 7 heteroatoms.